The molecule has 20 heavy (non-hydrogen) atoms. The zero-order valence-corrected chi connectivity index (χ0v) is 9.40. The average molecular weight is 306 g/mol. The van der Waals surface area contributed by atoms with Crippen molar-refractivity contribution in [1.82, 2.24) is 0 Å². The van der Waals surface area contributed by atoms with Crippen LogP contribution in [-0.4, -0.2) is 24.6 Å². The van der Waals surface area contributed by atoms with Gasteiger partial charge in [0.2, 0.25) is 0 Å². The molecule has 1 nitrogen and oxygen atoms in total. The molecule has 0 atom stereocenters. The van der Waals surface area contributed by atoms with Crippen molar-refractivity contribution in [3.63, 3.8) is 0 Å². The molecule has 112 valence electrons. The number of benzene rings is 1. The summed E-state index contributed by atoms with van der Waals surface area (Å²) in [6.07, 6.45) is -4.76. The van der Waals surface area contributed by atoms with Gasteiger partial charge in [0.25, 0.3) is 0 Å². The minimum atomic E-state index is -6.29. The van der Waals surface area contributed by atoms with Gasteiger partial charge in [0, 0.05) is 11.1 Å². The Kier molecular flexibility index (Phi) is 4.12. The second kappa shape index (κ2) is 5.02. The van der Waals surface area contributed by atoms with E-state index in [1.807, 2.05) is 0 Å². The summed E-state index contributed by atoms with van der Waals surface area (Å²) in [5.41, 5.74) is -1.78. The Morgan fingerprint density at radius 1 is 0.900 bits per heavy atom. The Labute approximate surface area is 107 Å². The van der Waals surface area contributed by atoms with Crippen molar-refractivity contribution in [2.24, 2.45) is 0 Å². The maximum absolute atomic E-state index is 13.4. The van der Waals surface area contributed by atoms with Crippen LogP contribution < -0.4 is 0 Å². The van der Waals surface area contributed by atoms with Crippen LogP contribution in [0.5, 0.6) is 0 Å². The van der Waals surface area contributed by atoms with Crippen LogP contribution in [0.1, 0.15) is 15.9 Å². The molecule has 0 unspecified atom stereocenters. The Balaban J connectivity index is 3.28. The minimum absolute atomic E-state index is 0.173. The molecule has 0 bridgehead atoms. The van der Waals surface area contributed by atoms with Crippen LogP contribution in [0.2, 0.25) is 0 Å². The fourth-order valence-electron chi connectivity index (χ4n) is 1.30. The molecule has 1 aromatic rings. The molecule has 0 N–H and O–H groups in total. The summed E-state index contributed by atoms with van der Waals surface area (Å²) in [6.45, 7) is 0. The van der Waals surface area contributed by atoms with Crippen LogP contribution >= 0.6 is 0 Å². The Morgan fingerprint density at radius 3 is 1.70 bits per heavy atom. The SMILES string of the molecule is O=Cc1ccc(C(F)(F)C(F)(F)C(F)(F)C(F)F)cc1. The van der Waals surface area contributed by atoms with Gasteiger partial charge >= 0.3 is 24.2 Å². The topological polar surface area (TPSA) is 17.1 Å². The Morgan fingerprint density at radius 2 is 1.35 bits per heavy atom. The molecule has 0 spiro atoms. The Bertz CT molecular complexity index is 480. The standard InChI is InChI=1S/C11H6F8O/c12-8(13)10(16,17)11(18,19)9(14,15)7-3-1-6(5-20)2-4-7/h1-5,8H. The third-order valence-electron chi connectivity index (χ3n) is 2.50. The first-order valence-electron chi connectivity index (χ1n) is 4.95. The summed E-state index contributed by atoms with van der Waals surface area (Å²) in [6, 6.07) is 1.93. The van der Waals surface area contributed by atoms with Gasteiger partial charge in [-0.3, -0.25) is 4.79 Å². The van der Waals surface area contributed by atoms with Gasteiger partial charge in [0.05, 0.1) is 0 Å². The van der Waals surface area contributed by atoms with Gasteiger partial charge in [0.15, 0.2) is 0 Å². The number of rotatable bonds is 5. The highest BCUT2D eigenvalue weighted by Gasteiger charge is 2.75. The first kappa shape index (κ1) is 16.4. The van der Waals surface area contributed by atoms with E-state index in [0.717, 1.165) is 0 Å². The van der Waals surface area contributed by atoms with E-state index in [0.29, 0.717) is 24.3 Å². The largest absolute Gasteiger partial charge is 0.382 e. The van der Waals surface area contributed by atoms with E-state index in [9.17, 15) is 39.9 Å². The van der Waals surface area contributed by atoms with Gasteiger partial charge in [-0.25, -0.2) is 8.78 Å². The second-order valence-corrected chi connectivity index (χ2v) is 3.81. The zero-order chi connectivity index (χ0) is 15.8. The van der Waals surface area contributed by atoms with Gasteiger partial charge in [-0.2, -0.15) is 26.3 Å². The molecular formula is C11H6F8O. The van der Waals surface area contributed by atoms with Gasteiger partial charge in [-0.15, -0.1) is 0 Å². The van der Waals surface area contributed by atoms with Crippen molar-refractivity contribution in [3.05, 3.63) is 35.4 Å². The lowest BCUT2D eigenvalue weighted by molar-refractivity contribution is -0.343. The van der Waals surface area contributed by atoms with Crippen molar-refractivity contribution < 1.29 is 39.9 Å². The number of hydrogen-bond donors (Lipinski definition) is 0. The van der Waals surface area contributed by atoms with Crippen LogP contribution in [-0.2, 0) is 5.92 Å². The molecule has 0 aliphatic heterocycles. The van der Waals surface area contributed by atoms with E-state index in [1.54, 1.807) is 0 Å². The predicted molar refractivity (Wildman–Crippen MR) is 51.6 cm³/mol. The van der Waals surface area contributed by atoms with E-state index in [2.05, 4.69) is 0 Å². The molecule has 0 fully saturated rings. The van der Waals surface area contributed by atoms with Crippen LogP contribution in [0.15, 0.2) is 24.3 Å². The molecule has 1 rings (SSSR count). The van der Waals surface area contributed by atoms with Crippen molar-refractivity contribution in [1.29, 1.82) is 0 Å². The lowest BCUT2D eigenvalue weighted by atomic mass is 9.96. The van der Waals surface area contributed by atoms with E-state index in [1.165, 1.54) is 0 Å². The third kappa shape index (κ3) is 2.36. The van der Waals surface area contributed by atoms with Gasteiger partial charge < -0.3 is 0 Å². The summed E-state index contributed by atoms with van der Waals surface area (Å²) in [5.74, 6) is -18.0. The summed E-state index contributed by atoms with van der Waals surface area (Å²) >= 11 is 0. The highest BCUT2D eigenvalue weighted by atomic mass is 19.4. The molecule has 9 heteroatoms. The van der Waals surface area contributed by atoms with Crippen LogP contribution in [0, 0.1) is 0 Å². The third-order valence-corrected chi connectivity index (χ3v) is 2.50. The first-order chi connectivity index (χ1) is 8.98. The maximum atomic E-state index is 13.4. The van der Waals surface area contributed by atoms with E-state index in [4.69, 9.17) is 0 Å². The molecule has 0 aliphatic carbocycles. The summed E-state index contributed by atoms with van der Waals surface area (Å²) in [7, 11) is 0. The molecule has 0 saturated carbocycles. The molecule has 0 amide bonds. The zero-order valence-electron chi connectivity index (χ0n) is 9.40. The van der Waals surface area contributed by atoms with Crippen LogP contribution in [0.4, 0.5) is 35.1 Å². The molecule has 1 aromatic carbocycles. The number of aldehydes is 1. The van der Waals surface area contributed by atoms with Crippen molar-refractivity contribution in [2.75, 3.05) is 0 Å². The molecule has 0 heterocycles. The van der Waals surface area contributed by atoms with Crippen LogP contribution in [0.25, 0.3) is 0 Å². The van der Waals surface area contributed by atoms with Gasteiger partial charge in [-0.1, -0.05) is 24.3 Å². The molecule has 0 aliphatic rings. The number of carbonyl (C=O) groups excluding carboxylic acids is 1. The summed E-state index contributed by atoms with van der Waals surface area (Å²) < 4.78 is 102. The van der Waals surface area contributed by atoms with Crippen molar-refractivity contribution in [2.45, 2.75) is 24.2 Å². The highest BCUT2D eigenvalue weighted by Crippen LogP contribution is 2.53. The quantitative estimate of drug-likeness (QED) is 0.590. The summed E-state index contributed by atoms with van der Waals surface area (Å²) in [5, 5.41) is 0. The summed E-state index contributed by atoms with van der Waals surface area (Å²) in [4.78, 5) is 10.3. The van der Waals surface area contributed by atoms with Gasteiger partial charge in [-0.05, 0) is 0 Å². The number of halogens is 8. The molecule has 0 saturated heterocycles. The van der Waals surface area contributed by atoms with E-state index >= 15 is 0 Å². The Hall–Kier alpha value is -1.67. The lowest BCUT2D eigenvalue weighted by Gasteiger charge is -2.32. The minimum Gasteiger partial charge on any atom is -0.298 e. The molecular weight excluding hydrogens is 300 g/mol. The second-order valence-electron chi connectivity index (χ2n) is 3.81. The average Bonchev–Trinajstić information content (AvgIpc) is 2.38. The van der Waals surface area contributed by atoms with Crippen molar-refractivity contribution >= 4 is 6.29 Å². The number of carbonyl (C=O) groups is 1. The molecule has 0 aromatic heterocycles. The monoisotopic (exact) mass is 306 g/mol. The van der Waals surface area contributed by atoms with Gasteiger partial charge in [0.1, 0.15) is 6.29 Å². The number of alkyl halides is 8. The lowest BCUT2D eigenvalue weighted by Crippen LogP contribution is -2.56. The van der Waals surface area contributed by atoms with E-state index in [-0.39, 0.29) is 11.8 Å². The van der Waals surface area contributed by atoms with Crippen LogP contribution in [0.3, 0.4) is 0 Å². The highest BCUT2D eigenvalue weighted by molar-refractivity contribution is 5.74. The maximum Gasteiger partial charge on any atom is 0.382 e. The normalized spacial score (nSPS) is 13.7. The fraction of sp³-hybridized carbons (Fsp3) is 0.364. The van der Waals surface area contributed by atoms with Crippen molar-refractivity contribution in [3.8, 4) is 0 Å². The smallest absolute Gasteiger partial charge is 0.298 e. The first-order valence-corrected chi connectivity index (χ1v) is 4.95. The fourth-order valence-corrected chi connectivity index (χ4v) is 1.30. The van der Waals surface area contributed by atoms with E-state index < -0.39 is 29.8 Å². The molecule has 0 radical (unpaired) electrons. The predicted octanol–water partition coefficient (Wildman–Crippen LogP) is 4.13. The number of hydrogen-bond acceptors (Lipinski definition) is 1.